The third-order valence-corrected chi connectivity index (χ3v) is 3.84. The minimum absolute atomic E-state index is 0. The predicted molar refractivity (Wildman–Crippen MR) is 118 cm³/mol. The fraction of sp³-hybridized carbons (Fsp3) is 0.619. The molecule has 150 valence electrons. The molecule has 7 heteroatoms. The molecule has 0 radical (unpaired) electrons. The van der Waals surface area contributed by atoms with E-state index in [1.165, 1.54) is 12.8 Å². The Kier molecular flexibility index (Phi) is 9.21. The monoisotopic (exact) mass is 394 g/mol. The molecule has 1 fully saturated rings. The smallest absolute Gasteiger partial charge is 0.466 e. The van der Waals surface area contributed by atoms with Crippen molar-refractivity contribution in [3.63, 3.8) is 0 Å². The molecule has 0 spiro atoms. The molecule has 0 amide bonds. The van der Waals surface area contributed by atoms with Crippen LogP contribution in [0.5, 0.6) is 0 Å². The van der Waals surface area contributed by atoms with E-state index in [0.717, 1.165) is 28.6 Å². The first-order valence-corrected chi connectivity index (χ1v) is 9.76. The van der Waals surface area contributed by atoms with Crippen LogP contribution >= 0.6 is 0 Å². The molecule has 2 aromatic rings. The van der Waals surface area contributed by atoms with Crippen LogP contribution in [-0.2, 0) is 0 Å². The van der Waals surface area contributed by atoms with Crippen LogP contribution in [-0.4, -0.2) is 60.5 Å². The molecule has 0 atom stereocenters. The van der Waals surface area contributed by atoms with Crippen LogP contribution in [0.1, 0.15) is 69.5 Å². The van der Waals surface area contributed by atoms with Gasteiger partial charge in [0.15, 0.2) is 6.17 Å². The van der Waals surface area contributed by atoms with Crippen LogP contribution in [0.15, 0.2) is 17.1 Å². The average Bonchev–Trinajstić information content (AvgIpc) is 3.32. The SMILES string of the molecule is CCN=C([N-]C(C)(C)C)C(n1nc(C)cc1C)n1nc(C)cc1C.[CH-]1CC1.[Mg+2]. The molecule has 0 N–H and O–H groups in total. The second kappa shape index (κ2) is 10.4. The molecule has 0 aliphatic heterocycles. The summed E-state index contributed by atoms with van der Waals surface area (Å²) in [4.78, 5) is 4.69. The van der Waals surface area contributed by atoms with E-state index < -0.39 is 0 Å². The summed E-state index contributed by atoms with van der Waals surface area (Å²) in [6.07, 6.45) is 4.73. The largest absolute Gasteiger partial charge is 2.00 e. The van der Waals surface area contributed by atoms with E-state index in [9.17, 15) is 0 Å². The zero-order valence-corrected chi connectivity index (χ0v) is 20.2. The minimum atomic E-state index is -0.272. The van der Waals surface area contributed by atoms with E-state index in [0.29, 0.717) is 6.54 Å². The summed E-state index contributed by atoms with van der Waals surface area (Å²) >= 11 is 0. The Hall–Kier alpha value is -1.34. The molecule has 1 aliphatic rings. The van der Waals surface area contributed by atoms with Crippen LogP contribution in [0.25, 0.3) is 5.32 Å². The Morgan fingerprint density at radius 2 is 1.50 bits per heavy atom. The number of aromatic nitrogens is 4. The predicted octanol–water partition coefficient (Wildman–Crippen LogP) is 4.55. The first-order chi connectivity index (χ1) is 12.6. The molecule has 1 aliphatic carbocycles. The van der Waals surface area contributed by atoms with Crippen molar-refractivity contribution in [1.29, 1.82) is 0 Å². The number of hydrogen-bond acceptors (Lipinski definition) is 3. The Morgan fingerprint density at radius 3 is 1.75 bits per heavy atom. The standard InChI is InChI=1S/C18H29N6.C3H5.Mg/c1-9-19-16(20-18(6,7)8)17(23-14(4)10-12(2)21-23)24-15(5)11-13(3)22-24;1-2-3-1;/h10-11,17H,9H2,1-8H3;1H,2-3H2;/q2*-1;+2. The Balaban J connectivity index is 0.000000892. The van der Waals surface area contributed by atoms with Crippen LogP contribution in [0, 0.1) is 34.1 Å². The quantitative estimate of drug-likeness (QED) is 0.330. The van der Waals surface area contributed by atoms with Gasteiger partial charge in [-0.25, -0.2) is 22.2 Å². The van der Waals surface area contributed by atoms with Gasteiger partial charge in [0.2, 0.25) is 0 Å². The molecule has 3 rings (SSSR count). The van der Waals surface area contributed by atoms with Gasteiger partial charge in [0, 0.05) is 11.4 Å². The summed E-state index contributed by atoms with van der Waals surface area (Å²) in [5.74, 6) is 0.752. The van der Waals surface area contributed by atoms with E-state index in [4.69, 9.17) is 10.3 Å². The zero-order chi connectivity index (χ0) is 20.2. The molecule has 2 heterocycles. The van der Waals surface area contributed by atoms with E-state index in [-0.39, 0.29) is 34.8 Å². The van der Waals surface area contributed by atoms with Crippen LogP contribution in [0.2, 0.25) is 0 Å². The Morgan fingerprint density at radius 1 is 1.07 bits per heavy atom. The molecule has 0 bridgehead atoms. The van der Waals surface area contributed by atoms with Crippen molar-refractivity contribution in [3.05, 3.63) is 46.6 Å². The molecule has 28 heavy (non-hydrogen) atoms. The molecular weight excluding hydrogens is 361 g/mol. The molecule has 6 nitrogen and oxygen atoms in total. The van der Waals surface area contributed by atoms with Gasteiger partial charge in [-0.3, -0.25) is 0 Å². The van der Waals surface area contributed by atoms with Crippen LogP contribution < -0.4 is 0 Å². The second-order valence-electron chi connectivity index (χ2n) is 8.10. The van der Waals surface area contributed by atoms with Gasteiger partial charge >= 0.3 is 23.1 Å². The first-order valence-electron chi connectivity index (χ1n) is 9.76. The zero-order valence-electron chi connectivity index (χ0n) is 18.8. The number of rotatable bonds is 4. The van der Waals surface area contributed by atoms with Gasteiger partial charge in [0.25, 0.3) is 0 Å². The molecule has 1 saturated carbocycles. The van der Waals surface area contributed by atoms with Crippen molar-refractivity contribution in [2.24, 2.45) is 4.99 Å². The van der Waals surface area contributed by atoms with Crippen LogP contribution in [0.3, 0.4) is 0 Å². The molecular formula is C21H34MgN6. The summed E-state index contributed by atoms with van der Waals surface area (Å²) in [7, 11) is 0. The van der Waals surface area contributed by atoms with E-state index in [2.05, 4.69) is 63.4 Å². The molecule has 0 unspecified atom stereocenters. The van der Waals surface area contributed by atoms with Crippen molar-refractivity contribution in [2.45, 2.75) is 79.9 Å². The summed E-state index contributed by atoms with van der Waals surface area (Å²) in [6.45, 7) is 17.0. The summed E-state index contributed by atoms with van der Waals surface area (Å²) < 4.78 is 3.94. The van der Waals surface area contributed by atoms with Gasteiger partial charge in [-0.05, 0) is 51.2 Å². The van der Waals surface area contributed by atoms with E-state index in [1.807, 2.05) is 30.1 Å². The Bertz CT molecular complexity index is 730. The van der Waals surface area contributed by atoms with Crippen molar-refractivity contribution < 1.29 is 0 Å². The van der Waals surface area contributed by atoms with Gasteiger partial charge in [0.05, 0.1) is 11.4 Å². The normalized spacial score (nSPS) is 13.7. The van der Waals surface area contributed by atoms with Gasteiger partial charge in [0.1, 0.15) is 0 Å². The van der Waals surface area contributed by atoms with Gasteiger partial charge in [-0.1, -0.05) is 34.2 Å². The van der Waals surface area contributed by atoms with E-state index >= 15 is 0 Å². The third-order valence-electron chi connectivity index (χ3n) is 3.84. The van der Waals surface area contributed by atoms with Gasteiger partial charge in [-0.15, -0.1) is 0 Å². The van der Waals surface area contributed by atoms with Crippen LogP contribution in [0.4, 0.5) is 0 Å². The topological polar surface area (TPSA) is 62.1 Å². The van der Waals surface area contributed by atoms with Gasteiger partial charge in [-0.2, -0.15) is 10.2 Å². The number of amidine groups is 1. The number of nitrogens with zero attached hydrogens (tertiary/aromatic N) is 6. The number of aryl methyl sites for hydroxylation is 4. The fourth-order valence-corrected chi connectivity index (χ4v) is 2.79. The van der Waals surface area contributed by atoms with Crippen molar-refractivity contribution in [2.75, 3.05) is 6.54 Å². The fourth-order valence-electron chi connectivity index (χ4n) is 2.79. The van der Waals surface area contributed by atoms with Gasteiger partial charge < -0.3 is 16.7 Å². The third kappa shape index (κ3) is 7.24. The summed E-state index contributed by atoms with van der Waals surface area (Å²) in [6, 6.07) is 4.14. The maximum absolute atomic E-state index is 4.88. The van der Waals surface area contributed by atoms with Crippen molar-refractivity contribution in [1.82, 2.24) is 19.6 Å². The average molecular weight is 395 g/mol. The minimum Gasteiger partial charge on any atom is -0.466 e. The first kappa shape index (κ1) is 24.7. The molecule has 0 aromatic carbocycles. The van der Waals surface area contributed by atoms with E-state index in [1.54, 1.807) is 0 Å². The van der Waals surface area contributed by atoms with Crippen molar-refractivity contribution >= 4 is 28.9 Å². The maximum atomic E-state index is 4.88. The van der Waals surface area contributed by atoms with Crippen molar-refractivity contribution in [3.8, 4) is 0 Å². The maximum Gasteiger partial charge on any atom is 2.00 e. The summed E-state index contributed by atoms with van der Waals surface area (Å²) in [5.41, 5.74) is 3.87. The summed E-state index contributed by atoms with van der Waals surface area (Å²) in [5, 5.41) is 14.3. The second-order valence-corrected chi connectivity index (χ2v) is 8.10. The Labute approximate surface area is 186 Å². The number of hydrogen-bond donors (Lipinski definition) is 0. The number of aliphatic imine (C=N–C) groups is 1. The molecule has 2 aromatic heterocycles. The molecule has 0 saturated heterocycles.